The third-order valence-electron chi connectivity index (χ3n) is 2.60. The summed E-state index contributed by atoms with van der Waals surface area (Å²) >= 11 is 7.86. The fourth-order valence-electron chi connectivity index (χ4n) is 1.54. The summed E-state index contributed by atoms with van der Waals surface area (Å²) in [5, 5.41) is 2.92. The van der Waals surface area contributed by atoms with Gasteiger partial charge in [0.25, 0.3) is 5.91 Å². The molecular weight excluding hydrogens is 532 g/mol. The molecule has 2 aromatic rings. The summed E-state index contributed by atoms with van der Waals surface area (Å²) < 4.78 is 2.97. The smallest absolute Gasteiger partial charge is 0.256 e. The molecule has 2 nitrogen and oxygen atoms in total. The molecule has 0 saturated heterocycles. The lowest BCUT2D eigenvalue weighted by Crippen LogP contribution is -2.13. The molecule has 0 aliphatic heterocycles. The third-order valence-corrected chi connectivity index (χ3v) is 5.13. The van der Waals surface area contributed by atoms with Crippen molar-refractivity contribution in [1.82, 2.24) is 0 Å². The minimum absolute atomic E-state index is 0.106. The molecular formula is C14H10BrI2NO. The van der Waals surface area contributed by atoms with Crippen LogP contribution in [0.1, 0.15) is 15.9 Å². The molecule has 5 heteroatoms. The molecule has 2 aromatic carbocycles. The normalized spacial score (nSPS) is 10.3. The summed E-state index contributed by atoms with van der Waals surface area (Å²) in [5.41, 5.74) is 2.65. The summed E-state index contributed by atoms with van der Waals surface area (Å²) in [6, 6.07) is 11.6. The van der Waals surface area contributed by atoms with Crippen LogP contribution in [-0.2, 0) is 0 Å². The Morgan fingerprint density at radius 3 is 2.58 bits per heavy atom. The zero-order chi connectivity index (χ0) is 14.0. The van der Waals surface area contributed by atoms with Gasteiger partial charge in [-0.05, 0) is 104 Å². The number of halogens is 3. The Bertz CT molecular complexity index is 643. The molecule has 0 saturated carbocycles. The van der Waals surface area contributed by atoms with Crippen LogP contribution in [0.15, 0.2) is 40.9 Å². The molecule has 0 aromatic heterocycles. The van der Waals surface area contributed by atoms with Crippen molar-refractivity contribution in [3.8, 4) is 0 Å². The molecule has 0 atom stereocenters. The molecule has 0 spiro atoms. The van der Waals surface area contributed by atoms with Crippen molar-refractivity contribution >= 4 is 72.7 Å². The van der Waals surface area contributed by atoms with Gasteiger partial charge in [0.2, 0.25) is 0 Å². The predicted octanol–water partition coefficient (Wildman–Crippen LogP) is 5.22. The van der Waals surface area contributed by atoms with Crippen LogP contribution in [0.2, 0.25) is 0 Å². The standard InChI is InChI=1S/C14H10BrI2NO/c1-8-2-4-10(7-13(8)17)18-14(19)11-6-9(16)3-5-12(11)15/h2-7H,1H3,(H,18,19). The molecule has 2 rings (SSSR count). The highest BCUT2D eigenvalue weighted by molar-refractivity contribution is 14.1. The van der Waals surface area contributed by atoms with E-state index < -0.39 is 0 Å². The second-order valence-corrected chi connectivity index (χ2v) is 7.30. The van der Waals surface area contributed by atoms with Gasteiger partial charge >= 0.3 is 0 Å². The number of benzene rings is 2. The summed E-state index contributed by atoms with van der Waals surface area (Å²) in [6.45, 7) is 2.05. The molecule has 1 amide bonds. The largest absolute Gasteiger partial charge is 0.322 e. The monoisotopic (exact) mass is 541 g/mol. The van der Waals surface area contributed by atoms with Crippen molar-refractivity contribution in [2.45, 2.75) is 6.92 Å². The molecule has 98 valence electrons. The van der Waals surface area contributed by atoms with Gasteiger partial charge in [0.05, 0.1) is 5.56 Å². The van der Waals surface area contributed by atoms with Crippen molar-refractivity contribution in [2.75, 3.05) is 5.32 Å². The Hall–Kier alpha value is -0.150. The first-order valence-corrected chi connectivity index (χ1v) is 8.45. The Balaban J connectivity index is 2.25. The average Bonchev–Trinajstić information content (AvgIpc) is 2.36. The van der Waals surface area contributed by atoms with Crippen molar-refractivity contribution in [2.24, 2.45) is 0 Å². The highest BCUT2D eigenvalue weighted by atomic mass is 127. The maximum atomic E-state index is 12.2. The topological polar surface area (TPSA) is 29.1 Å². The average molecular weight is 542 g/mol. The van der Waals surface area contributed by atoms with Gasteiger partial charge in [0.1, 0.15) is 0 Å². The van der Waals surface area contributed by atoms with Gasteiger partial charge in [-0.1, -0.05) is 6.07 Å². The Labute approximate surface area is 147 Å². The number of hydrogen-bond donors (Lipinski definition) is 1. The van der Waals surface area contributed by atoms with E-state index in [1.165, 1.54) is 5.56 Å². The van der Waals surface area contributed by atoms with Crippen molar-refractivity contribution < 1.29 is 4.79 Å². The number of carbonyl (C=O) groups is 1. The lowest BCUT2D eigenvalue weighted by Gasteiger charge is -2.08. The zero-order valence-corrected chi connectivity index (χ0v) is 15.9. The van der Waals surface area contributed by atoms with Crippen LogP contribution < -0.4 is 5.32 Å². The fraction of sp³-hybridized carbons (Fsp3) is 0.0714. The van der Waals surface area contributed by atoms with Crippen molar-refractivity contribution in [1.29, 1.82) is 0 Å². The van der Waals surface area contributed by atoms with E-state index in [1.54, 1.807) is 0 Å². The SMILES string of the molecule is Cc1ccc(NC(=O)c2cc(I)ccc2Br)cc1I. The quantitative estimate of drug-likeness (QED) is 0.519. The van der Waals surface area contributed by atoms with Crippen LogP contribution in [0.4, 0.5) is 5.69 Å². The van der Waals surface area contributed by atoms with Gasteiger partial charge in [-0.25, -0.2) is 0 Å². The third kappa shape index (κ3) is 3.91. The lowest BCUT2D eigenvalue weighted by molar-refractivity contribution is 0.102. The zero-order valence-electron chi connectivity index (χ0n) is 10.0. The Kier molecular flexibility index (Phi) is 5.24. The minimum atomic E-state index is -0.106. The van der Waals surface area contributed by atoms with Crippen molar-refractivity contribution in [3.05, 3.63) is 59.1 Å². The van der Waals surface area contributed by atoms with Crippen molar-refractivity contribution in [3.63, 3.8) is 0 Å². The molecule has 0 radical (unpaired) electrons. The van der Waals surface area contributed by atoms with Crippen LogP contribution in [0.5, 0.6) is 0 Å². The van der Waals surface area contributed by atoms with Gasteiger partial charge in [-0.3, -0.25) is 4.79 Å². The molecule has 0 aliphatic rings. The maximum Gasteiger partial charge on any atom is 0.256 e. The van der Waals surface area contributed by atoms with E-state index in [2.05, 4.69) is 66.4 Å². The number of amides is 1. The van der Waals surface area contributed by atoms with E-state index in [4.69, 9.17) is 0 Å². The molecule has 0 fully saturated rings. The Morgan fingerprint density at radius 2 is 1.89 bits per heavy atom. The predicted molar refractivity (Wildman–Crippen MR) is 98.7 cm³/mol. The van der Waals surface area contributed by atoms with Crippen LogP contribution in [0.25, 0.3) is 0 Å². The first-order valence-electron chi connectivity index (χ1n) is 5.50. The molecule has 0 bridgehead atoms. The molecule has 0 heterocycles. The van der Waals surface area contributed by atoms with Crippen LogP contribution in [-0.4, -0.2) is 5.91 Å². The summed E-state index contributed by atoms with van der Waals surface area (Å²) in [7, 11) is 0. The van der Waals surface area contributed by atoms with Crippen LogP contribution in [0.3, 0.4) is 0 Å². The number of carbonyl (C=O) groups excluding carboxylic acids is 1. The molecule has 1 N–H and O–H groups in total. The van der Waals surface area contributed by atoms with E-state index in [9.17, 15) is 4.79 Å². The van der Waals surface area contributed by atoms with Gasteiger partial charge in [-0.15, -0.1) is 0 Å². The van der Waals surface area contributed by atoms with E-state index in [1.807, 2.05) is 43.3 Å². The van der Waals surface area contributed by atoms with Gasteiger partial charge < -0.3 is 5.32 Å². The van der Waals surface area contributed by atoms with E-state index >= 15 is 0 Å². The van der Waals surface area contributed by atoms with E-state index in [0.717, 1.165) is 17.3 Å². The number of hydrogen-bond acceptors (Lipinski definition) is 1. The Morgan fingerprint density at radius 1 is 1.16 bits per heavy atom. The number of aryl methyl sites for hydroxylation is 1. The van der Waals surface area contributed by atoms with Gasteiger partial charge in [0.15, 0.2) is 0 Å². The molecule has 0 aliphatic carbocycles. The molecule has 0 unspecified atom stereocenters. The lowest BCUT2D eigenvalue weighted by atomic mass is 10.2. The fourth-order valence-corrected chi connectivity index (χ4v) is 2.97. The number of anilines is 1. The number of nitrogens with one attached hydrogen (secondary N) is 1. The van der Waals surface area contributed by atoms with E-state index in [-0.39, 0.29) is 5.91 Å². The first-order chi connectivity index (χ1) is 8.97. The van der Waals surface area contributed by atoms with Crippen LogP contribution in [0, 0.1) is 14.1 Å². The maximum absolute atomic E-state index is 12.2. The van der Waals surface area contributed by atoms with Gasteiger partial charge in [0, 0.05) is 17.3 Å². The molecule has 19 heavy (non-hydrogen) atoms. The van der Waals surface area contributed by atoms with Gasteiger partial charge in [-0.2, -0.15) is 0 Å². The van der Waals surface area contributed by atoms with Crippen LogP contribution >= 0.6 is 61.1 Å². The first kappa shape index (κ1) is 15.2. The number of rotatable bonds is 2. The van der Waals surface area contributed by atoms with E-state index in [0.29, 0.717) is 5.56 Å². The second-order valence-electron chi connectivity index (χ2n) is 4.04. The summed E-state index contributed by atoms with van der Waals surface area (Å²) in [5.74, 6) is -0.106. The summed E-state index contributed by atoms with van der Waals surface area (Å²) in [4.78, 5) is 12.2. The highest BCUT2D eigenvalue weighted by Gasteiger charge is 2.11. The second kappa shape index (κ2) is 6.53. The highest BCUT2D eigenvalue weighted by Crippen LogP contribution is 2.22. The minimum Gasteiger partial charge on any atom is -0.322 e. The summed E-state index contributed by atoms with van der Waals surface area (Å²) in [6.07, 6.45) is 0.